The Hall–Kier alpha value is -3.08. The molecule has 0 radical (unpaired) electrons. The van der Waals surface area contributed by atoms with Gasteiger partial charge in [-0.05, 0) is 73.5 Å². The third-order valence-electron chi connectivity index (χ3n) is 10.9. The zero-order valence-corrected chi connectivity index (χ0v) is 35.2. The first kappa shape index (κ1) is 38.7. The quantitative estimate of drug-likeness (QED) is 0.112. The van der Waals surface area contributed by atoms with Gasteiger partial charge in [-0.25, -0.2) is 9.56 Å². The molecule has 8 bridgehead atoms. The Kier molecular flexibility index (Phi) is 12.2. The molecule has 7 heteroatoms. The molecule has 0 saturated heterocycles. The zero-order chi connectivity index (χ0) is 33.6. The molecule has 6 rings (SSSR count). The van der Waals surface area contributed by atoms with E-state index in [-0.39, 0.29) is 37.3 Å². The summed E-state index contributed by atoms with van der Waals surface area (Å²) in [7, 11) is 4.23. The van der Waals surface area contributed by atoms with Crippen LogP contribution in [0.1, 0.15) is 132 Å². The summed E-state index contributed by atoms with van der Waals surface area (Å²) >= 11 is 0. The number of halogens is 1. The zero-order valence-electron chi connectivity index (χ0n) is 31.4. The molecule has 4 aromatic rings. The summed E-state index contributed by atoms with van der Waals surface area (Å²) in [6.45, 7) is 18.2. The van der Waals surface area contributed by atoms with E-state index in [2.05, 4.69) is 111 Å². The number of aryl methyl sites for hydroxylation is 4. The van der Waals surface area contributed by atoms with Crippen molar-refractivity contribution in [3.8, 4) is 0 Å². The second-order valence-electron chi connectivity index (χ2n) is 13.3. The first-order chi connectivity index (χ1) is 22.7. The molecule has 5 heterocycles. The normalized spacial score (nSPS) is 13.5. The van der Waals surface area contributed by atoms with Crippen molar-refractivity contribution >= 4 is 50.3 Å². The molecule has 0 unspecified atom stereocenters. The molecule has 49 heavy (non-hydrogen) atoms. The van der Waals surface area contributed by atoms with Gasteiger partial charge in [0.05, 0.1) is 22.6 Å². The fourth-order valence-corrected chi connectivity index (χ4v) is 8.57. The average molecular weight is 728 g/mol. The summed E-state index contributed by atoms with van der Waals surface area (Å²) in [6, 6.07) is 11.3. The van der Waals surface area contributed by atoms with Gasteiger partial charge >= 0.3 is 19.5 Å². The predicted molar refractivity (Wildman–Crippen MR) is 200 cm³/mol. The molecule has 0 N–H and O–H groups in total. The van der Waals surface area contributed by atoms with Crippen molar-refractivity contribution in [1.82, 2.24) is 19.9 Å². The van der Waals surface area contributed by atoms with Gasteiger partial charge < -0.3 is 22.4 Å². The monoisotopic (exact) mass is 725 g/mol. The smallest absolute Gasteiger partial charge is 1.00 e. The van der Waals surface area contributed by atoms with Crippen LogP contribution in [0.25, 0.3) is 44.1 Å². The van der Waals surface area contributed by atoms with Crippen molar-refractivity contribution in [1.29, 1.82) is 0 Å². The Bertz CT molecular complexity index is 2100. The first-order valence-corrected chi connectivity index (χ1v) is 18.1. The fraction of sp³-hybridized carbons (Fsp3) is 0.452. The minimum absolute atomic E-state index is 0. The van der Waals surface area contributed by atoms with E-state index >= 15 is 0 Å². The standard InChI is InChI=1S/C42H52N5.ClH.Zn/c1-11-25-26(12-2)35-23-37-28(14-4)30(16-6)39(45-37)32(24-47(9)10)41-42(17-7,18-8)33-21-19-20-31(40(33)46-41)38-29(15-5)27(13-3)36(44-38)22-34(25)43-35;;/h19-24H,11-18H2,1-10H3;1H;/q-1;;+2/p-1. The minimum atomic E-state index is -0.226. The van der Waals surface area contributed by atoms with E-state index in [1.165, 1.54) is 39.0 Å². The summed E-state index contributed by atoms with van der Waals surface area (Å²) in [5.74, 6) is 0. The molecule has 0 saturated carbocycles. The molecular weight excluding hydrogens is 675 g/mol. The van der Waals surface area contributed by atoms with Gasteiger partial charge in [0, 0.05) is 11.0 Å². The Morgan fingerprint density at radius 1 is 0.673 bits per heavy atom. The number of allylic oxidation sites excluding steroid dienone is 2. The van der Waals surface area contributed by atoms with Gasteiger partial charge in [-0.2, -0.15) is 0 Å². The number of nitrogens with zero attached hydrogens (tertiary/aromatic N) is 5. The van der Waals surface area contributed by atoms with E-state index in [9.17, 15) is 0 Å². The molecule has 2 aliphatic heterocycles. The third-order valence-corrected chi connectivity index (χ3v) is 10.9. The summed E-state index contributed by atoms with van der Waals surface area (Å²) in [6.07, 6.45) is 9.73. The maximum absolute atomic E-state index is 5.70. The van der Waals surface area contributed by atoms with Gasteiger partial charge in [0.2, 0.25) is 0 Å². The summed E-state index contributed by atoms with van der Waals surface area (Å²) in [4.78, 5) is 22.1. The SMILES string of the molecule is CCC1=C(CC)c2cc3[n-]c(c(CC)c3CC)c3cccc4c3nc(c(C=[N+](C)C)c3[n-]c(cc1n2)c(CC)c3CC)C4(CC)CC.[Cl-].[Zn+2]. The summed E-state index contributed by atoms with van der Waals surface area (Å²) in [5.41, 5.74) is 18.7. The number of hydrogen-bond acceptors (Lipinski definition) is 2. The number of rotatable bonds is 9. The molecule has 3 aromatic heterocycles. The van der Waals surface area contributed by atoms with Gasteiger partial charge in [0.25, 0.3) is 0 Å². The Balaban J connectivity index is 0.00000270. The summed E-state index contributed by atoms with van der Waals surface area (Å²) < 4.78 is 2.16. The van der Waals surface area contributed by atoms with Crippen molar-refractivity contribution in [3.63, 3.8) is 0 Å². The molecule has 0 atom stereocenters. The topological polar surface area (TPSA) is 57.0 Å². The maximum atomic E-state index is 5.70. The number of fused-ring (bicyclic) bond motifs is 8. The van der Waals surface area contributed by atoms with Crippen LogP contribution in [-0.4, -0.2) is 34.9 Å². The van der Waals surface area contributed by atoms with E-state index < -0.39 is 0 Å². The molecule has 254 valence electrons. The molecule has 5 nitrogen and oxygen atoms in total. The van der Waals surface area contributed by atoms with E-state index in [4.69, 9.17) is 19.9 Å². The van der Waals surface area contributed by atoms with Crippen molar-refractivity contribution in [2.75, 3.05) is 14.1 Å². The largest absolute Gasteiger partial charge is 2.00 e. The van der Waals surface area contributed by atoms with E-state index in [0.717, 1.165) is 107 Å². The fourth-order valence-electron chi connectivity index (χ4n) is 8.57. The second kappa shape index (κ2) is 15.4. The van der Waals surface area contributed by atoms with Gasteiger partial charge in [-0.15, -0.1) is 22.1 Å². The third kappa shape index (κ3) is 6.05. The Morgan fingerprint density at radius 3 is 1.65 bits per heavy atom. The van der Waals surface area contributed by atoms with Crippen LogP contribution in [0.5, 0.6) is 0 Å². The number of benzene rings is 1. The van der Waals surface area contributed by atoms with E-state index in [1.807, 2.05) is 0 Å². The Morgan fingerprint density at radius 2 is 1.18 bits per heavy atom. The molecular formula is C42H52ClN5Zn. The van der Waals surface area contributed by atoms with Crippen LogP contribution in [0.3, 0.4) is 0 Å². The predicted octanol–water partition coefficient (Wildman–Crippen LogP) is 6.51. The second-order valence-corrected chi connectivity index (χ2v) is 13.3. The van der Waals surface area contributed by atoms with Crippen LogP contribution >= 0.6 is 0 Å². The van der Waals surface area contributed by atoms with Gasteiger partial charge in [-0.1, -0.05) is 108 Å². The van der Waals surface area contributed by atoms with Crippen molar-refractivity contribution < 1.29 is 36.5 Å². The van der Waals surface area contributed by atoms with E-state index in [1.54, 1.807) is 0 Å². The molecule has 2 aliphatic rings. The molecule has 0 spiro atoms. The minimum Gasteiger partial charge on any atom is -1.00 e. The number of para-hydroxylation sites is 1. The Labute approximate surface area is 312 Å². The van der Waals surface area contributed by atoms with Crippen molar-refractivity contribution in [2.45, 2.75) is 112 Å². The molecule has 0 amide bonds. The van der Waals surface area contributed by atoms with Crippen LogP contribution in [0.2, 0.25) is 0 Å². The summed E-state index contributed by atoms with van der Waals surface area (Å²) in [5, 5.41) is 1.14. The van der Waals surface area contributed by atoms with Gasteiger partial charge in [-0.3, -0.25) is 4.98 Å². The van der Waals surface area contributed by atoms with Crippen LogP contribution in [-0.2, 0) is 50.6 Å². The van der Waals surface area contributed by atoms with Crippen LogP contribution < -0.4 is 22.4 Å². The van der Waals surface area contributed by atoms with Crippen molar-refractivity contribution in [3.05, 3.63) is 80.8 Å². The molecule has 0 aliphatic carbocycles. The number of aromatic nitrogens is 4. The molecule has 0 fully saturated rings. The van der Waals surface area contributed by atoms with Crippen LogP contribution in [0.4, 0.5) is 0 Å². The van der Waals surface area contributed by atoms with E-state index in [0.29, 0.717) is 0 Å². The van der Waals surface area contributed by atoms with Gasteiger partial charge in [0.1, 0.15) is 14.1 Å². The first-order valence-electron chi connectivity index (χ1n) is 18.1. The van der Waals surface area contributed by atoms with Crippen LogP contribution in [0, 0.1) is 0 Å². The van der Waals surface area contributed by atoms with Crippen LogP contribution in [0.15, 0.2) is 30.3 Å². The van der Waals surface area contributed by atoms with Gasteiger partial charge in [0.15, 0.2) is 6.21 Å². The number of hydrogen-bond donors (Lipinski definition) is 0. The maximum Gasteiger partial charge on any atom is 2.00 e. The molecule has 1 aromatic carbocycles. The van der Waals surface area contributed by atoms with Crippen molar-refractivity contribution in [2.24, 2.45) is 0 Å². The average Bonchev–Trinajstić information content (AvgIpc) is 3.81.